The summed E-state index contributed by atoms with van der Waals surface area (Å²) < 4.78 is 0. The maximum atomic E-state index is 12.1. The van der Waals surface area contributed by atoms with E-state index < -0.39 is 0 Å². The van der Waals surface area contributed by atoms with Gasteiger partial charge in [-0.3, -0.25) is 4.79 Å². The number of hydrogen-bond donors (Lipinski definition) is 2. The highest BCUT2D eigenvalue weighted by molar-refractivity contribution is 5.78. The maximum Gasteiger partial charge on any atom is 0.223 e. The van der Waals surface area contributed by atoms with Gasteiger partial charge >= 0.3 is 0 Å². The van der Waals surface area contributed by atoms with E-state index in [-0.39, 0.29) is 18.4 Å². The molecule has 0 atom stereocenters. The van der Waals surface area contributed by atoms with Gasteiger partial charge in [0.05, 0.1) is 0 Å². The van der Waals surface area contributed by atoms with Gasteiger partial charge in [0.1, 0.15) is 6.61 Å². The van der Waals surface area contributed by atoms with Crippen LogP contribution in [0.3, 0.4) is 0 Å². The zero-order valence-corrected chi connectivity index (χ0v) is 13.0. The maximum absolute atomic E-state index is 12.1. The zero-order chi connectivity index (χ0) is 15.5. The van der Waals surface area contributed by atoms with Crippen LogP contribution in [0.15, 0.2) is 24.3 Å². The van der Waals surface area contributed by atoms with Crippen LogP contribution in [0.1, 0.15) is 50.7 Å². The minimum Gasteiger partial charge on any atom is -0.384 e. The number of carbonyl (C=O) groups excluding carboxylic acids is 1. The monoisotopic (exact) mass is 287 g/mol. The third-order valence-electron chi connectivity index (χ3n) is 3.38. The molecular weight excluding hydrogens is 262 g/mol. The number of aliphatic hydroxyl groups is 1. The van der Waals surface area contributed by atoms with Crippen molar-refractivity contribution in [2.24, 2.45) is 5.92 Å². The predicted octanol–water partition coefficient (Wildman–Crippen LogP) is 2.86. The lowest BCUT2D eigenvalue weighted by Gasteiger charge is -2.15. The van der Waals surface area contributed by atoms with Crippen LogP contribution in [0.25, 0.3) is 0 Å². The van der Waals surface area contributed by atoms with Gasteiger partial charge in [-0.05, 0) is 30.5 Å². The van der Waals surface area contributed by atoms with E-state index in [4.69, 9.17) is 5.11 Å². The van der Waals surface area contributed by atoms with E-state index >= 15 is 0 Å². The second kappa shape index (κ2) is 10.0. The largest absolute Gasteiger partial charge is 0.384 e. The molecule has 1 amide bonds. The molecule has 0 saturated heterocycles. The molecule has 3 heteroatoms. The molecule has 3 nitrogen and oxygen atoms in total. The van der Waals surface area contributed by atoms with Crippen LogP contribution in [0, 0.1) is 17.8 Å². The Morgan fingerprint density at radius 1 is 1.19 bits per heavy atom. The predicted molar refractivity (Wildman–Crippen MR) is 85.6 cm³/mol. The summed E-state index contributed by atoms with van der Waals surface area (Å²) in [7, 11) is 0. The Bertz CT molecular complexity index is 476. The lowest BCUT2D eigenvalue weighted by molar-refractivity contribution is -0.125. The minimum atomic E-state index is -0.131. The van der Waals surface area contributed by atoms with E-state index in [1.54, 1.807) is 0 Å². The lowest BCUT2D eigenvalue weighted by Crippen LogP contribution is -2.30. The Morgan fingerprint density at radius 2 is 1.81 bits per heavy atom. The Kier molecular flexibility index (Phi) is 8.23. The standard InChI is InChI=1S/C18H25NO2/c1-3-6-17(7-4-2)18(21)19-14-16-11-9-15(10-12-16)8-5-13-20/h9-12,17,20H,3-4,6-7,13-14H2,1-2H3,(H,19,21). The van der Waals surface area contributed by atoms with Gasteiger partial charge in [-0.25, -0.2) is 0 Å². The van der Waals surface area contributed by atoms with Crippen molar-refractivity contribution in [1.82, 2.24) is 5.32 Å². The fourth-order valence-electron chi connectivity index (χ4n) is 2.28. The Labute approximate surface area is 127 Å². The molecule has 2 N–H and O–H groups in total. The van der Waals surface area contributed by atoms with Crippen molar-refractivity contribution in [3.05, 3.63) is 35.4 Å². The van der Waals surface area contributed by atoms with E-state index in [2.05, 4.69) is 31.0 Å². The third-order valence-corrected chi connectivity index (χ3v) is 3.38. The van der Waals surface area contributed by atoms with Crippen molar-refractivity contribution in [2.45, 2.75) is 46.1 Å². The minimum absolute atomic E-state index is 0.131. The molecule has 1 aromatic rings. The van der Waals surface area contributed by atoms with Crippen molar-refractivity contribution in [1.29, 1.82) is 0 Å². The summed E-state index contributed by atoms with van der Waals surface area (Å²) in [5.41, 5.74) is 1.93. The third kappa shape index (κ3) is 6.46. The molecule has 0 radical (unpaired) electrons. The summed E-state index contributed by atoms with van der Waals surface area (Å²) in [6, 6.07) is 7.71. The second-order valence-electron chi connectivity index (χ2n) is 5.15. The average molecular weight is 287 g/mol. The van der Waals surface area contributed by atoms with Crippen molar-refractivity contribution >= 4 is 5.91 Å². The number of amides is 1. The normalized spacial score (nSPS) is 10.1. The first-order valence-electron chi connectivity index (χ1n) is 7.67. The van der Waals surface area contributed by atoms with Gasteiger partial charge < -0.3 is 10.4 Å². The second-order valence-corrected chi connectivity index (χ2v) is 5.15. The first kappa shape index (κ1) is 17.3. The summed E-state index contributed by atoms with van der Waals surface area (Å²) in [5.74, 6) is 5.75. The summed E-state index contributed by atoms with van der Waals surface area (Å²) in [4.78, 5) is 12.1. The number of hydrogen-bond acceptors (Lipinski definition) is 2. The molecule has 0 bridgehead atoms. The first-order valence-corrected chi connectivity index (χ1v) is 7.67. The fourth-order valence-corrected chi connectivity index (χ4v) is 2.28. The number of benzene rings is 1. The van der Waals surface area contributed by atoms with Gasteiger partial charge in [0.15, 0.2) is 0 Å². The van der Waals surface area contributed by atoms with Crippen LogP contribution in [-0.2, 0) is 11.3 Å². The highest BCUT2D eigenvalue weighted by Gasteiger charge is 2.15. The van der Waals surface area contributed by atoms with Crippen molar-refractivity contribution in [2.75, 3.05) is 6.61 Å². The molecule has 0 unspecified atom stereocenters. The summed E-state index contributed by atoms with van der Waals surface area (Å²) in [5, 5.41) is 11.7. The Balaban J connectivity index is 2.51. The smallest absolute Gasteiger partial charge is 0.223 e. The molecule has 114 valence electrons. The van der Waals surface area contributed by atoms with E-state index in [9.17, 15) is 4.79 Å². The first-order chi connectivity index (χ1) is 10.2. The highest BCUT2D eigenvalue weighted by atomic mass is 16.2. The van der Waals surface area contributed by atoms with E-state index in [0.717, 1.165) is 36.8 Å². The van der Waals surface area contributed by atoms with Gasteiger partial charge in [-0.1, -0.05) is 50.7 Å². The molecule has 0 aromatic heterocycles. The highest BCUT2D eigenvalue weighted by Crippen LogP contribution is 2.14. The molecule has 1 rings (SSSR count). The molecule has 0 spiro atoms. The van der Waals surface area contributed by atoms with Crippen LogP contribution in [0.5, 0.6) is 0 Å². The molecular formula is C18H25NO2. The number of aliphatic hydroxyl groups excluding tert-OH is 1. The number of carbonyl (C=O) groups is 1. The molecule has 0 aliphatic rings. The van der Waals surface area contributed by atoms with Crippen molar-refractivity contribution in [3.63, 3.8) is 0 Å². The zero-order valence-electron chi connectivity index (χ0n) is 13.0. The van der Waals surface area contributed by atoms with E-state index in [0.29, 0.717) is 6.54 Å². The van der Waals surface area contributed by atoms with Crippen LogP contribution >= 0.6 is 0 Å². The number of nitrogens with one attached hydrogen (secondary N) is 1. The summed E-state index contributed by atoms with van der Waals surface area (Å²) in [6.45, 7) is 4.65. The summed E-state index contributed by atoms with van der Waals surface area (Å²) >= 11 is 0. The molecule has 21 heavy (non-hydrogen) atoms. The molecule has 0 aliphatic carbocycles. The van der Waals surface area contributed by atoms with Crippen molar-refractivity contribution < 1.29 is 9.90 Å². The average Bonchev–Trinajstić information content (AvgIpc) is 2.51. The van der Waals surface area contributed by atoms with Crippen molar-refractivity contribution in [3.8, 4) is 11.8 Å². The van der Waals surface area contributed by atoms with Crippen LogP contribution in [-0.4, -0.2) is 17.6 Å². The van der Waals surface area contributed by atoms with Gasteiger partial charge in [0, 0.05) is 18.0 Å². The molecule has 0 fully saturated rings. The van der Waals surface area contributed by atoms with Gasteiger partial charge in [-0.15, -0.1) is 0 Å². The molecule has 1 aromatic carbocycles. The molecule has 0 aliphatic heterocycles. The van der Waals surface area contributed by atoms with E-state index in [1.165, 1.54) is 0 Å². The van der Waals surface area contributed by atoms with E-state index in [1.807, 2.05) is 24.3 Å². The lowest BCUT2D eigenvalue weighted by atomic mass is 9.97. The topological polar surface area (TPSA) is 49.3 Å². The van der Waals surface area contributed by atoms with Crippen LogP contribution < -0.4 is 5.32 Å². The SMILES string of the molecule is CCCC(CCC)C(=O)NCc1ccc(C#CCO)cc1. The van der Waals surface area contributed by atoms with Crippen LogP contribution in [0.4, 0.5) is 0 Å². The Hall–Kier alpha value is -1.79. The summed E-state index contributed by atoms with van der Waals surface area (Å²) in [6.07, 6.45) is 3.98. The van der Waals surface area contributed by atoms with Crippen LogP contribution in [0.2, 0.25) is 0 Å². The van der Waals surface area contributed by atoms with Gasteiger partial charge in [0.2, 0.25) is 5.91 Å². The van der Waals surface area contributed by atoms with Gasteiger partial charge in [0.25, 0.3) is 0 Å². The van der Waals surface area contributed by atoms with Gasteiger partial charge in [-0.2, -0.15) is 0 Å². The molecule has 0 saturated carbocycles. The Morgan fingerprint density at radius 3 is 2.33 bits per heavy atom. The quantitative estimate of drug-likeness (QED) is 0.758. The molecule has 0 heterocycles. The number of rotatable bonds is 7. The fraction of sp³-hybridized carbons (Fsp3) is 0.500.